The monoisotopic (exact) mass is 385 g/mol. The van der Waals surface area contributed by atoms with Crippen LogP contribution in [0.25, 0.3) is 0 Å². The van der Waals surface area contributed by atoms with E-state index in [0.717, 1.165) is 30.6 Å². The zero-order chi connectivity index (χ0) is 21.1. The molecule has 152 valence electrons. The third-order valence-electron chi connectivity index (χ3n) is 4.34. The molecule has 0 saturated carbocycles. The normalized spacial score (nSPS) is 11.2. The highest BCUT2D eigenvalue weighted by atomic mass is 16.5. The molecule has 0 aromatic heterocycles. The number of Topliss-reactive ketones (excluding diaryl/α,β-unsaturated/α-hetero) is 1. The maximum absolute atomic E-state index is 11.1. The summed E-state index contributed by atoms with van der Waals surface area (Å²) < 4.78 is 10.3. The van der Waals surface area contributed by atoms with Crippen LogP contribution in [0.2, 0.25) is 0 Å². The van der Waals surface area contributed by atoms with E-state index >= 15 is 0 Å². The fourth-order valence-corrected chi connectivity index (χ4v) is 2.84. The zero-order valence-electron chi connectivity index (χ0n) is 17.4. The SMILES string of the molecule is CCCC(=N)c1ccc(CC)c(OC)c1.COC(C(C)=O)c1ccccc1O. The molecule has 2 aromatic carbocycles. The molecule has 0 aliphatic heterocycles. The van der Waals surface area contributed by atoms with Crippen LogP contribution in [0.3, 0.4) is 0 Å². The van der Waals surface area contributed by atoms with Gasteiger partial charge in [-0.15, -0.1) is 0 Å². The van der Waals surface area contributed by atoms with E-state index in [2.05, 4.69) is 19.9 Å². The van der Waals surface area contributed by atoms with Crippen LogP contribution in [0.4, 0.5) is 0 Å². The number of ketones is 1. The minimum absolute atomic E-state index is 0.0875. The van der Waals surface area contributed by atoms with Gasteiger partial charge < -0.3 is 20.0 Å². The quantitative estimate of drug-likeness (QED) is 0.620. The number of aromatic hydroxyl groups is 1. The van der Waals surface area contributed by atoms with E-state index in [1.165, 1.54) is 25.7 Å². The van der Waals surface area contributed by atoms with Gasteiger partial charge in [-0.3, -0.25) is 4.79 Å². The van der Waals surface area contributed by atoms with Gasteiger partial charge in [-0.05, 0) is 43.0 Å². The summed E-state index contributed by atoms with van der Waals surface area (Å²) in [7, 11) is 3.13. The number of para-hydroxylation sites is 1. The van der Waals surface area contributed by atoms with Crippen LogP contribution in [0.1, 0.15) is 56.4 Å². The molecule has 0 amide bonds. The van der Waals surface area contributed by atoms with Gasteiger partial charge in [0.25, 0.3) is 0 Å². The standard InChI is InChI=1S/C13H19NO.C10H12O3/c1-4-6-12(14)11-8-7-10(5-2)13(9-11)15-3;1-7(11)10(13-2)8-5-3-4-6-9(8)12/h7-9,14H,4-6H2,1-3H3;3-6,10,12H,1-2H3. The van der Waals surface area contributed by atoms with Gasteiger partial charge in [0.05, 0.1) is 7.11 Å². The van der Waals surface area contributed by atoms with Crippen LogP contribution in [0.5, 0.6) is 11.5 Å². The lowest BCUT2D eigenvalue weighted by molar-refractivity contribution is -0.127. The molecule has 28 heavy (non-hydrogen) atoms. The summed E-state index contributed by atoms with van der Waals surface area (Å²) >= 11 is 0. The van der Waals surface area contributed by atoms with E-state index in [-0.39, 0.29) is 11.5 Å². The van der Waals surface area contributed by atoms with E-state index < -0.39 is 6.10 Å². The van der Waals surface area contributed by atoms with E-state index in [1.807, 2.05) is 12.1 Å². The number of nitrogens with one attached hydrogen (secondary N) is 1. The van der Waals surface area contributed by atoms with Crippen molar-refractivity contribution >= 4 is 11.5 Å². The highest BCUT2D eigenvalue weighted by molar-refractivity contribution is 5.98. The van der Waals surface area contributed by atoms with Crippen LogP contribution in [-0.4, -0.2) is 30.8 Å². The fourth-order valence-electron chi connectivity index (χ4n) is 2.84. The van der Waals surface area contributed by atoms with Gasteiger partial charge in [0.15, 0.2) is 5.78 Å². The predicted molar refractivity (Wildman–Crippen MR) is 113 cm³/mol. The fraction of sp³-hybridized carbons (Fsp3) is 0.391. The number of rotatable bonds is 8. The van der Waals surface area contributed by atoms with Gasteiger partial charge in [-0.2, -0.15) is 0 Å². The first-order chi connectivity index (χ1) is 13.4. The summed E-state index contributed by atoms with van der Waals surface area (Å²) in [5.41, 5.74) is 3.38. The molecule has 5 heteroatoms. The average Bonchev–Trinajstić information content (AvgIpc) is 2.69. The van der Waals surface area contributed by atoms with Gasteiger partial charge >= 0.3 is 0 Å². The summed E-state index contributed by atoms with van der Waals surface area (Å²) in [5.74, 6) is 0.865. The summed E-state index contributed by atoms with van der Waals surface area (Å²) in [4.78, 5) is 11.1. The van der Waals surface area contributed by atoms with Crippen LogP contribution >= 0.6 is 0 Å². The lowest BCUT2D eigenvalue weighted by Crippen LogP contribution is -2.10. The number of aryl methyl sites for hydroxylation is 1. The van der Waals surface area contributed by atoms with Gasteiger partial charge in [0.1, 0.15) is 17.6 Å². The Morgan fingerprint density at radius 2 is 1.82 bits per heavy atom. The van der Waals surface area contributed by atoms with E-state index in [0.29, 0.717) is 11.3 Å². The molecule has 0 radical (unpaired) electrons. The van der Waals surface area contributed by atoms with Crippen molar-refractivity contribution in [1.82, 2.24) is 0 Å². The largest absolute Gasteiger partial charge is 0.508 e. The Hall–Kier alpha value is -2.66. The van der Waals surface area contributed by atoms with Gasteiger partial charge in [-0.1, -0.05) is 50.6 Å². The molecule has 0 heterocycles. The topological polar surface area (TPSA) is 79.6 Å². The van der Waals surface area contributed by atoms with E-state index in [9.17, 15) is 9.90 Å². The van der Waals surface area contributed by atoms with Crippen molar-refractivity contribution in [2.24, 2.45) is 0 Å². The Balaban J connectivity index is 0.000000283. The first-order valence-corrected chi connectivity index (χ1v) is 9.45. The van der Waals surface area contributed by atoms with Crippen molar-refractivity contribution in [3.05, 3.63) is 59.2 Å². The van der Waals surface area contributed by atoms with Crippen LogP contribution in [0.15, 0.2) is 42.5 Å². The van der Waals surface area contributed by atoms with E-state index in [1.54, 1.807) is 25.3 Å². The van der Waals surface area contributed by atoms with Gasteiger partial charge in [0.2, 0.25) is 0 Å². The van der Waals surface area contributed by atoms with Crippen molar-refractivity contribution < 1.29 is 19.4 Å². The van der Waals surface area contributed by atoms with Crippen molar-refractivity contribution in [3.63, 3.8) is 0 Å². The molecule has 0 aliphatic rings. The Labute approximate surface area is 167 Å². The first-order valence-electron chi connectivity index (χ1n) is 9.45. The highest BCUT2D eigenvalue weighted by Crippen LogP contribution is 2.26. The second kappa shape index (κ2) is 11.9. The first kappa shape index (κ1) is 23.4. The molecule has 0 saturated heterocycles. The minimum atomic E-state index is -0.666. The molecule has 2 N–H and O–H groups in total. The second-order valence-electron chi connectivity index (χ2n) is 6.39. The number of carbonyl (C=O) groups is 1. The number of phenols is 1. The van der Waals surface area contributed by atoms with Crippen molar-refractivity contribution in [2.45, 2.75) is 46.1 Å². The number of ether oxygens (including phenoxy) is 2. The number of hydrogen-bond donors (Lipinski definition) is 2. The molecule has 2 aromatic rings. The number of hydrogen-bond acceptors (Lipinski definition) is 5. The minimum Gasteiger partial charge on any atom is -0.508 e. The molecule has 0 bridgehead atoms. The Morgan fingerprint density at radius 3 is 2.32 bits per heavy atom. The zero-order valence-corrected chi connectivity index (χ0v) is 17.4. The van der Waals surface area contributed by atoms with Crippen LogP contribution < -0.4 is 4.74 Å². The molecular formula is C23H31NO4. The highest BCUT2D eigenvalue weighted by Gasteiger charge is 2.18. The number of methoxy groups -OCH3 is 2. The third kappa shape index (κ3) is 6.50. The van der Waals surface area contributed by atoms with Crippen molar-refractivity contribution in [3.8, 4) is 11.5 Å². The lowest BCUT2D eigenvalue weighted by Gasteiger charge is -2.13. The maximum atomic E-state index is 11.1. The summed E-state index contributed by atoms with van der Waals surface area (Å²) in [6, 6.07) is 12.7. The number of carbonyl (C=O) groups excluding carboxylic acids is 1. The second-order valence-corrected chi connectivity index (χ2v) is 6.39. The molecule has 2 rings (SSSR count). The third-order valence-corrected chi connectivity index (χ3v) is 4.34. The smallest absolute Gasteiger partial charge is 0.163 e. The Morgan fingerprint density at radius 1 is 1.14 bits per heavy atom. The van der Waals surface area contributed by atoms with Crippen LogP contribution in [0, 0.1) is 5.41 Å². The predicted octanol–water partition coefficient (Wildman–Crippen LogP) is 5.09. The van der Waals surface area contributed by atoms with Gasteiger partial charge in [-0.25, -0.2) is 0 Å². The average molecular weight is 386 g/mol. The van der Waals surface area contributed by atoms with Crippen molar-refractivity contribution in [2.75, 3.05) is 14.2 Å². The molecule has 0 spiro atoms. The lowest BCUT2D eigenvalue weighted by atomic mass is 10.0. The number of benzene rings is 2. The summed E-state index contributed by atoms with van der Waals surface area (Å²) in [6.07, 6.45) is 2.14. The summed E-state index contributed by atoms with van der Waals surface area (Å²) in [6.45, 7) is 5.63. The molecule has 1 unspecified atom stereocenters. The maximum Gasteiger partial charge on any atom is 0.163 e. The molecule has 0 aliphatic carbocycles. The number of phenolic OH excluding ortho intramolecular Hbond substituents is 1. The van der Waals surface area contributed by atoms with Crippen LogP contribution in [-0.2, 0) is 16.0 Å². The van der Waals surface area contributed by atoms with Gasteiger partial charge in [0, 0.05) is 18.4 Å². The van der Waals surface area contributed by atoms with Crippen molar-refractivity contribution in [1.29, 1.82) is 5.41 Å². The Bertz CT molecular complexity index is 786. The molecule has 0 fully saturated rings. The molecule has 1 atom stereocenters. The Kier molecular flexibility index (Phi) is 9.96. The molecule has 5 nitrogen and oxygen atoms in total. The molecular weight excluding hydrogens is 354 g/mol. The van der Waals surface area contributed by atoms with E-state index in [4.69, 9.17) is 14.9 Å². The summed E-state index contributed by atoms with van der Waals surface area (Å²) in [5, 5.41) is 17.3.